The minimum atomic E-state index is -0.975. The Balaban J connectivity index is 2.44. The van der Waals surface area contributed by atoms with Crippen LogP contribution in [0.1, 0.15) is 41.9 Å². The Morgan fingerprint density at radius 2 is 2.14 bits per heavy atom. The molecule has 114 valence electrons. The summed E-state index contributed by atoms with van der Waals surface area (Å²) in [5.41, 5.74) is 0.610. The summed E-state index contributed by atoms with van der Waals surface area (Å²) in [6.07, 6.45) is 2.14. The van der Waals surface area contributed by atoms with E-state index in [0.29, 0.717) is 22.2 Å². The highest BCUT2D eigenvalue weighted by atomic mass is 32.1. The van der Waals surface area contributed by atoms with Crippen LogP contribution in [-0.2, 0) is 6.54 Å². The fourth-order valence-electron chi connectivity index (χ4n) is 2.45. The lowest BCUT2D eigenvalue weighted by atomic mass is 10.1. The molecule has 0 aliphatic heterocycles. The SMILES string of the molecule is CCCCN(CC)Cc1c(C(=O)O)sc2cccc(F)c12. The van der Waals surface area contributed by atoms with Crippen LogP contribution in [0, 0.1) is 5.82 Å². The number of carboxylic acids is 1. The molecule has 1 aromatic carbocycles. The molecule has 0 unspecified atom stereocenters. The molecule has 0 amide bonds. The number of carbonyl (C=O) groups is 1. The molecule has 0 aliphatic rings. The molecule has 0 saturated carbocycles. The molecule has 1 N–H and O–H groups in total. The maximum absolute atomic E-state index is 14.1. The van der Waals surface area contributed by atoms with E-state index in [1.54, 1.807) is 12.1 Å². The van der Waals surface area contributed by atoms with Gasteiger partial charge in [-0.25, -0.2) is 9.18 Å². The van der Waals surface area contributed by atoms with E-state index in [-0.39, 0.29) is 10.7 Å². The molecule has 0 bridgehead atoms. The van der Waals surface area contributed by atoms with Gasteiger partial charge in [0.15, 0.2) is 0 Å². The third-order valence-electron chi connectivity index (χ3n) is 3.61. The van der Waals surface area contributed by atoms with Gasteiger partial charge in [-0.3, -0.25) is 4.90 Å². The molecular formula is C16H20FNO2S. The van der Waals surface area contributed by atoms with Crippen LogP contribution >= 0.6 is 11.3 Å². The summed E-state index contributed by atoms with van der Waals surface area (Å²) in [4.78, 5) is 13.9. The Kier molecular flexibility index (Phi) is 5.31. The molecule has 1 heterocycles. The molecule has 0 radical (unpaired) electrons. The van der Waals surface area contributed by atoms with Crippen LogP contribution in [0.2, 0.25) is 0 Å². The predicted molar refractivity (Wildman–Crippen MR) is 84.6 cm³/mol. The van der Waals surface area contributed by atoms with Crippen LogP contribution in [0.15, 0.2) is 18.2 Å². The molecule has 5 heteroatoms. The number of benzene rings is 1. The second-order valence-corrected chi connectivity index (χ2v) is 6.10. The van der Waals surface area contributed by atoms with Gasteiger partial charge in [0.1, 0.15) is 10.7 Å². The number of carboxylic acid groups (broad SMARTS) is 1. The standard InChI is InChI=1S/C16H20FNO2S/c1-3-5-9-18(4-2)10-11-14-12(17)7-6-8-13(14)21-15(11)16(19)20/h6-8H,3-5,9-10H2,1-2H3,(H,19,20). The Morgan fingerprint density at radius 3 is 2.76 bits per heavy atom. The number of aromatic carboxylic acids is 1. The summed E-state index contributed by atoms with van der Waals surface area (Å²) in [5, 5.41) is 9.86. The largest absolute Gasteiger partial charge is 0.477 e. The van der Waals surface area contributed by atoms with E-state index in [0.717, 1.165) is 37.3 Å². The lowest BCUT2D eigenvalue weighted by Gasteiger charge is -2.20. The molecule has 0 spiro atoms. The maximum atomic E-state index is 14.1. The van der Waals surface area contributed by atoms with E-state index in [9.17, 15) is 14.3 Å². The van der Waals surface area contributed by atoms with Gasteiger partial charge in [0.2, 0.25) is 0 Å². The zero-order valence-electron chi connectivity index (χ0n) is 12.4. The maximum Gasteiger partial charge on any atom is 0.346 e. The average Bonchev–Trinajstić information content (AvgIpc) is 2.83. The summed E-state index contributed by atoms with van der Waals surface area (Å²) in [7, 11) is 0. The van der Waals surface area contributed by atoms with Crippen LogP contribution in [-0.4, -0.2) is 29.1 Å². The van der Waals surface area contributed by atoms with Crippen molar-refractivity contribution < 1.29 is 14.3 Å². The zero-order valence-corrected chi connectivity index (χ0v) is 13.2. The van der Waals surface area contributed by atoms with E-state index >= 15 is 0 Å². The smallest absolute Gasteiger partial charge is 0.346 e. The number of halogens is 1. The van der Waals surface area contributed by atoms with Crippen LogP contribution in [0.3, 0.4) is 0 Å². The molecule has 2 aromatic rings. The van der Waals surface area contributed by atoms with Gasteiger partial charge in [-0.1, -0.05) is 26.3 Å². The molecule has 0 aliphatic carbocycles. The van der Waals surface area contributed by atoms with Gasteiger partial charge in [0.25, 0.3) is 0 Å². The van der Waals surface area contributed by atoms with Crippen LogP contribution in [0.4, 0.5) is 4.39 Å². The van der Waals surface area contributed by atoms with Crippen molar-refractivity contribution in [2.75, 3.05) is 13.1 Å². The number of fused-ring (bicyclic) bond motifs is 1. The molecule has 1 aromatic heterocycles. The highest BCUT2D eigenvalue weighted by Crippen LogP contribution is 2.34. The number of rotatable bonds is 7. The van der Waals surface area contributed by atoms with Crippen LogP contribution in [0.25, 0.3) is 10.1 Å². The molecule has 21 heavy (non-hydrogen) atoms. The van der Waals surface area contributed by atoms with Gasteiger partial charge in [-0.15, -0.1) is 11.3 Å². The van der Waals surface area contributed by atoms with Gasteiger partial charge in [-0.05, 0) is 31.6 Å². The van der Waals surface area contributed by atoms with Crippen molar-refractivity contribution in [2.24, 2.45) is 0 Å². The van der Waals surface area contributed by atoms with Gasteiger partial charge >= 0.3 is 5.97 Å². The second kappa shape index (κ2) is 7.00. The molecule has 2 rings (SSSR count). The topological polar surface area (TPSA) is 40.5 Å². The van der Waals surface area contributed by atoms with Crippen molar-refractivity contribution in [2.45, 2.75) is 33.2 Å². The van der Waals surface area contributed by atoms with Gasteiger partial charge in [0, 0.05) is 22.2 Å². The molecular weight excluding hydrogens is 289 g/mol. The molecule has 0 fully saturated rings. The quantitative estimate of drug-likeness (QED) is 0.826. The summed E-state index contributed by atoms with van der Waals surface area (Å²) < 4.78 is 14.8. The highest BCUT2D eigenvalue weighted by molar-refractivity contribution is 7.21. The first-order valence-corrected chi connectivity index (χ1v) is 8.05. The zero-order chi connectivity index (χ0) is 15.4. The normalized spacial score (nSPS) is 11.4. The van der Waals surface area contributed by atoms with Gasteiger partial charge < -0.3 is 5.11 Å². The fraction of sp³-hybridized carbons (Fsp3) is 0.438. The van der Waals surface area contributed by atoms with Crippen LogP contribution < -0.4 is 0 Å². The summed E-state index contributed by atoms with van der Waals surface area (Å²) in [6, 6.07) is 4.80. The molecule has 0 saturated heterocycles. The predicted octanol–water partition coefficient (Wildman–Crippen LogP) is 4.36. The second-order valence-electron chi connectivity index (χ2n) is 5.05. The fourth-order valence-corrected chi connectivity index (χ4v) is 3.51. The van der Waals surface area contributed by atoms with E-state index in [4.69, 9.17) is 0 Å². The van der Waals surface area contributed by atoms with E-state index in [1.165, 1.54) is 6.07 Å². The third-order valence-corrected chi connectivity index (χ3v) is 4.80. The molecule has 3 nitrogen and oxygen atoms in total. The first kappa shape index (κ1) is 15.9. The molecule has 0 atom stereocenters. The minimum absolute atomic E-state index is 0.255. The number of unbranched alkanes of at least 4 members (excludes halogenated alkanes) is 1. The van der Waals surface area contributed by atoms with Gasteiger partial charge in [0.05, 0.1) is 0 Å². The van der Waals surface area contributed by atoms with Crippen molar-refractivity contribution in [1.82, 2.24) is 4.90 Å². The van der Waals surface area contributed by atoms with Crippen molar-refractivity contribution in [1.29, 1.82) is 0 Å². The highest BCUT2D eigenvalue weighted by Gasteiger charge is 2.21. The van der Waals surface area contributed by atoms with Crippen LogP contribution in [0.5, 0.6) is 0 Å². The van der Waals surface area contributed by atoms with Crippen molar-refractivity contribution in [3.05, 3.63) is 34.5 Å². The summed E-state index contributed by atoms with van der Waals surface area (Å²) in [6.45, 7) is 6.37. The summed E-state index contributed by atoms with van der Waals surface area (Å²) >= 11 is 1.16. The lowest BCUT2D eigenvalue weighted by Crippen LogP contribution is -2.24. The van der Waals surface area contributed by atoms with E-state index in [1.807, 2.05) is 6.92 Å². The number of hydrogen-bond donors (Lipinski definition) is 1. The number of nitrogens with zero attached hydrogens (tertiary/aromatic N) is 1. The summed E-state index contributed by atoms with van der Waals surface area (Å²) in [5.74, 6) is -1.31. The average molecular weight is 309 g/mol. The lowest BCUT2D eigenvalue weighted by molar-refractivity contribution is 0.0700. The Bertz CT molecular complexity index is 638. The third kappa shape index (κ3) is 3.41. The Morgan fingerprint density at radius 1 is 1.38 bits per heavy atom. The Hall–Kier alpha value is -1.46. The van der Waals surface area contributed by atoms with Crippen molar-refractivity contribution in [3.63, 3.8) is 0 Å². The number of thiophene rings is 1. The van der Waals surface area contributed by atoms with Gasteiger partial charge in [-0.2, -0.15) is 0 Å². The van der Waals surface area contributed by atoms with E-state index in [2.05, 4.69) is 11.8 Å². The minimum Gasteiger partial charge on any atom is -0.477 e. The Labute approximate surface area is 128 Å². The first-order valence-electron chi connectivity index (χ1n) is 7.24. The first-order chi connectivity index (χ1) is 10.1. The monoisotopic (exact) mass is 309 g/mol. The van der Waals surface area contributed by atoms with Crippen molar-refractivity contribution >= 4 is 27.4 Å². The number of hydrogen-bond acceptors (Lipinski definition) is 3. The van der Waals surface area contributed by atoms with E-state index < -0.39 is 5.97 Å². The van der Waals surface area contributed by atoms with Crippen molar-refractivity contribution in [3.8, 4) is 0 Å².